The van der Waals surface area contributed by atoms with E-state index in [0.717, 1.165) is 16.3 Å². The molecule has 1 N–H and O–H groups in total. The SMILES string of the molecule is CC(C)c1nnc(NC(=O)/C=C/c2ccc(N(C)C)cc2)s1. The Balaban J connectivity index is 1.95. The number of hydrogen-bond donors (Lipinski definition) is 1. The van der Waals surface area contributed by atoms with Crippen LogP contribution in [0.3, 0.4) is 0 Å². The van der Waals surface area contributed by atoms with Crippen LogP contribution in [-0.2, 0) is 4.79 Å². The van der Waals surface area contributed by atoms with E-state index in [1.54, 1.807) is 6.08 Å². The van der Waals surface area contributed by atoms with Gasteiger partial charge in [-0.15, -0.1) is 10.2 Å². The second kappa shape index (κ2) is 7.17. The van der Waals surface area contributed by atoms with Gasteiger partial charge in [-0.25, -0.2) is 0 Å². The topological polar surface area (TPSA) is 58.1 Å². The minimum Gasteiger partial charge on any atom is -0.378 e. The predicted octanol–water partition coefficient (Wildman–Crippen LogP) is 3.38. The quantitative estimate of drug-likeness (QED) is 0.859. The number of aromatic nitrogens is 2. The lowest BCUT2D eigenvalue weighted by Gasteiger charge is -2.11. The molecule has 5 nitrogen and oxygen atoms in total. The van der Waals surface area contributed by atoms with E-state index in [1.165, 1.54) is 17.4 Å². The summed E-state index contributed by atoms with van der Waals surface area (Å²) in [5.74, 6) is 0.108. The van der Waals surface area contributed by atoms with E-state index in [4.69, 9.17) is 0 Å². The molecule has 0 atom stereocenters. The number of nitrogens with one attached hydrogen (secondary N) is 1. The third-order valence-corrected chi connectivity index (χ3v) is 4.14. The fraction of sp³-hybridized carbons (Fsp3) is 0.312. The molecule has 2 aromatic rings. The zero-order chi connectivity index (χ0) is 16.1. The van der Waals surface area contributed by atoms with Crippen molar-refractivity contribution in [1.29, 1.82) is 0 Å². The molecule has 1 heterocycles. The van der Waals surface area contributed by atoms with Gasteiger partial charge in [-0.2, -0.15) is 0 Å². The zero-order valence-electron chi connectivity index (χ0n) is 13.2. The highest BCUT2D eigenvalue weighted by Gasteiger charge is 2.08. The molecular formula is C16H20N4OS. The van der Waals surface area contributed by atoms with Crippen LogP contribution in [0.15, 0.2) is 30.3 Å². The first-order valence-corrected chi connectivity index (χ1v) is 7.87. The van der Waals surface area contributed by atoms with E-state index in [9.17, 15) is 4.79 Å². The van der Waals surface area contributed by atoms with Gasteiger partial charge in [0.15, 0.2) is 0 Å². The van der Waals surface area contributed by atoms with Gasteiger partial charge < -0.3 is 4.90 Å². The maximum atomic E-state index is 11.9. The van der Waals surface area contributed by atoms with Gasteiger partial charge in [0.05, 0.1) is 0 Å². The van der Waals surface area contributed by atoms with Crippen molar-refractivity contribution >= 4 is 34.1 Å². The van der Waals surface area contributed by atoms with Gasteiger partial charge in [0.1, 0.15) is 5.01 Å². The lowest BCUT2D eigenvalue weighted by Crippen LogP contribution is -2.08. The molecular weight excluding hydrogens is 296 g/mol. The van der Waals surface area contributed by atoms with Gasteiger partial charge in [-0.1, -0.05) is 37.3 Å². The number of anilines is 2. The second-order valence-corrected chi connectivity index (χ2v) is 6.42. The highest BCUT2D eigenvalue weighted by atomic mass is 32.1. The normalized spacial score (nSPS) is 11.1. The van der Waals surface area contributed by atoms with Crippen molar-refractivity contribution in [1.82, 2.24) is 10.2 Å². The molecule has 2 rings (SSSR count). The number of nitrogens with zero attached hydrogens (tertiary/aromatic N) is 3. The van der Waals surface area contributed by atoms with Crippen LogP contribution in [-0.4, -0.2) is 30.2 Å². The Kier molecular flexibility index (Phi) is 5.27. The smallest absolute Gasteiger partial charge is 0.250 e. The molecule has 0 spiro atoms. The Hall–Kier alpha value is -2.21. The highest BCUT2D eigenvalue weighted by Crippen LogP contribution is 2.22. The van der Waals surface area contributed by atoms with Gasteiger partial charge in [0, 0.05) is 31.8 Å². The van der Waals surface area contributed by atoms with Crippen molar-refractivity contribution < 1.29 is 4.79 Å². The van der Waals surface area contributed by atoms with Crippen LogP contribution in [0.5, 0.6) is 0 Å². The molecule has 0 radical (unpaired) electrons. The number of hydrogen-bond acceptors (Lipinski definition) is 5. The zero-order valence-corrected chi connectivity index (χ0v) is 14.0. The average Bonchev–Trinajstić information content (AvgIpc) is 2.94. The number of rotatable bonds is 5. The average molecular weight is 316 g/mol. The molecule has 0 aliphatic rings. The summed E-state index contributed by atoms with van der Waals surface area (Å²) in [4.78, 5) is 13.9. The van der Waals surface area contributed by atoms with E-state index in [0.29, 0.717) is 11.0 Å². The maximum absolute atomic E-state index is 11.9. The van der Waals surface area contributed by atoms with Crippen molar-refractivity contribution in [3.8, 4) is 0 Å². The van der Waals surface area contributed by atoms with Crippen molar-refractivity contribution in [3.63, 3.8) is 0 Å². The molecule has 0 fully saturated rings. The number of benzene rings is 1. The predicted molar refractivity (Wildman–Crippen MR) is 92.4 cm³/mol. The van der Waals surface area contributed by atoms with Gasteiger partial charge in [-0.05, 0) is 23.8 Å². The molecule has 0 saturated heterocycles. The number of carbonyl (C=O) groups is 1. The number of amides is 1. The fourth-order valence-electron chi connectivity index (χ4n) is 1.72. The summed E-state index contributed by atoms with van der Waals surface area (Å²) in [6, 6.07) is 7.97. The van der Waals surface area contributed by atoms with E-state index >= 15 is 0 Å². The van der Waals surface area contributed by atoms with Gasteiger partial charge in [0.2, 0.25) is 11.0 Å². The third kappa shape index (κ3) is 4.39. The molecule has 1 aromatic carbocycles. The Morgan fingerprint density at radius 2 is 1.91 bits per heavy atom. The Labute approximate surface area is 134 Å². The van der Waals surface area contributed by atoms with E-state index in [2.05, 4.69) is 15.5 Å². The van der Waals surface area contributed by atoms with Crippen LogP contribution < -0.4 is 10.2 Å². The standard InChI is InChI=1S/C16H20N4OS/c1-11(2)15-18-19-16(22-15)17-14(21)10-7-12-5-8-13(9-6-12)20(3)4/h5-11H,1-4H3,(H,17,19,21)/b10-7+. The van der Waals surface area contributed by atoms with E-state index in [1.807, 2.05) is 57.1 Å². The van der Waals surface area contributed by atoms with Crippen LogP contribution in [0, 0.1) is 0 Å². The van der Waals surface area contributed by atoms with Crippen molar-refractivity contribution in [2.24, 2.45) is 0 Å². The van der Waals surface area contributed by atoms with Crippen molar-refractivity contribution in [3.05, 3.63) is 40.9 Å². The minimum atomic E-state index is -0.205. The highest BCUT2D eigenvalue weighted by molar-refractivity contribution is 7.15. The lowest BCUT2D eigenvalue weighted by atomic mass is 10.2. The summed E-state index contributed by atoms with van der Waals surface area (Å²) in [5, 5.41) is 12.2. The summed E-state index contributed by atoms with van der Waals surface area (Å²) in [6.45, 7) is 4.09. The summed E-state index contributed by atoms with van der Waals surface area (Å²) >= 11 is 1.40. The summed E-state index contributed by atoms with van der Waals surface area (Å²) in [5.41, 5.74) is 2.09. The molecule has 22 heavy (non-hydrogen) atoms. The lowest BCUT2D eigenvalue weighted by molar-refractivity contribution is -0.111. The van der Waals surface area contributed by atoms with Crippen LogP contribution in [0.4, 0.5) is 10.8 Å². The Morgan fingerprint density at radius 3 is 2.45 bits per heavy atom. The van der Waals surface area contributed by atoms with Crippen molar-refractivity contribution in [2.75, 3.05) is 24.3 Å². The third-order valence-electron chi connectivity index (χ3n) is 3.00. The Morgan fingerprint density at radius 1 is 1.23 bits per heavy atom. The van der Waals surface area contributed by atoms with Crippen LogP contribution >= 0.6 is 11.3 Å². The molecule has 0 saturated carbocycles. The van der Waals surface area contributed by atoms with Crippen LogP contribution in [0.1, 0.15) is 30.3 Å². The molecule has 116 valence electrons. The Bertz CT molecular complexity index is 659. The minimum absolute atomic E-state index is 0.205. The van der Waals surface area contributed by atoms with Gasteiger partial charge >= 0.3 is 0 Å². The van der Waals surface area contributed by atoms with E-state index in [-0.39, 0.29) is 5.91 Å². The summed E-state index contributed by atoms with van der Waals surface area (Å²) in [7, 11) is 3.98. The monoisotopic (exact) mass is 316 g/mol. The summed E-state index contributed by atoms with van der Waals surface area (Å²) < 4.78 is 0. The molecule has 1 aromatic heterocycles. The van der Waals surface area contributed by atoms with Crippen LogP contribution in [0.25, 0.3) is 6.08 Å². The van der Waals surface area contributed by atoms with Gasteiger partial charge in [-0.3, -0.25) is 10.1 Å². The molecule has 0 aliphatic carbocycles. The molecule has 0 aliphatic heterocycles. The molecule has 0 bridgehead atoms. The first-order valence-electron chi connectivity index (χ1n) is 7.05. The van der Waals surface area contributed by atoms with Gasteiger partial charge in [0.25, 0.3) is 0 Å². The largest absolute Gasteiger partial charge is 0.378 e. The fourth-order valence-corrected chi connectivity index (χ4v) is 2.47. The van der Waals surface area contributed by atoms with Crippen LogP contribution in [0.2, 0.25) is 0 Å². The van der Waals surface area contributed by atoms with E-state index < -0.39 is 0 Å². The van der Waals surface area contributed by atoms with Crippen molar-refractivity contribution in [2.45, 2.75) is 19.8 Å². The first kappa shape index (κ1) is 16.2. The maximum Gasteiger partial charge on any atom is 0.250 e. The first-order chi connectivity index (χ1) is 10.5. The number of carbonyl (C=O) groups excluding carboxylic acids is 1. The molecule has 0 unspecified atom stereocenters. The molecule has 6 heteroatoms. The molecule has 1 amide bonds. The second-order valence-electron chi connectivity index (χ2n) is 5.41. The summed E-state index contributed by atoms with van der Waals surface area (Å²) in [6.07, 6.45) is 3.28.